The van der Waals surface area contributed by atoms with E-state index in [1.807, 2.05) is 0 Å². The van der Waals surface area contributed by atoms with Crippen LogP contribution in [-0.2, 0) is 14.8 Å². The van der Waals surface area contributed by atoms with Gasteiger partial charge in [0.2, 0.25) is 17.7 Å². The van der Waals surface area contributed by atoms with E-state index in [0.717, 1.165) is 17.3 Å². The number of nitrogens with zero attached hydrogens (tertiary/aromatic N) is 5. The largest absolute Gasteiger partial charge is 0.481 e. The van der Waals surface area contributed by atoms with E-state index in [9.17, 15) is 13.2 Å². The first kappa shape index (κ1) is 24.9. The van der Waals surface area contributed by atoms with Crippen LogP contribution in [0, 0.1) is 0 Å². The van der Waals surface area contributed by atoms with Gasteiger partial charge in [-0.25, -0.2) is 8.42 Å². The third-order valence-corrected chi connectivity index (χ3v) is 6.61. The van der Waals surface area contributed by atoms with Gasteiger partial charge in [0.15, 0.2) is 5.82 Å². The lowest BCUT2D eigenvalue weighted by atomic mass is 10.3. The molecule has 0 atom stereocenters. The minimum absolute atomic E-state index is 0.0109. The monoisotopic (exact) mass is 529 g/mol. The van der Waals surface area contributed by atoms with Crippen molar-refractivity contribution in [3.63, 3.8) is 0 Å². The molecule has 0 radical (unpaired) electrons. The SMILES string of the molecule is COc1cc(NS(=O)(=O)c2ccc(NC(=O)CSc3nnc(-c4ccncc4)o3)cc2)nc(OC)n1. The van der Waals surface area contributed by atoms with Crippen LogP contribution in [0.15, 0.2) is 69.4 Å². The second-order valence-corrected chi connectivity index (χ2v) is 9.47. The molecule has 0 spiro atoms. The number of carbonyl (C=O) groups excluding carboxylic acids is 1. The number of amides is 1. The summed E-state index contributed by atoms with van der Waals surface area (Å²) in [6, 6.07) is 10.3. The Morgan fingerprint density at radius 3 is 2.47 bits per heavy atom. The highest BCUT2D eigenvalue weighted by molar-refractivity contribution is 7.99. The summed E-state index contributed by atoms with van der Waals surface area (Å²) < 4.78 is 43.3. The Morgan fingerprint density at radius 2 is 1.78 bits per heavy atom. The topological polar surface area (TPSA) is 171 Å². The summed E-state index contributed by atoms with van der Waals surface area (Å²) in [6.45, 7) is 0. The van der Waals surface area contributed by atoms with E-state index in [1.165, 1.54) is 44.6 Å². The summed E-state index contributed by atoms with van der Waals surface area (Å²) >= 11 is 1.07. The van der Waals surface area contributed by atoms with Gasteiger partial charge in [0, 0.05) is 29.7 Å². The van der Waals surface area contributed by atoms with Crippen LogP contribution < -0.4 is 19.5 Å². The molecule has 186 valence electrons. The Kier molecular flexibility index (Phi) is 7.60. The number of ether oxygens (including phenoxy) is 2. The van der Waals surface area contributed by atoms with Gasteiger partial charge in [0.25, 0.3) is 15.2 Å². The maximum absolute atomic E-state index is 12.7. The highest BCUT2D eigenvalue weighted by atomic mass is 32.2. The van der Waals surface area contributed by atoms with Crippen LogP contribution in [-0.4, -0.2) is 59.4 Å². The zero-order valence-electron chi connectivity index (χ0n) is 18.9. The van der Waals surface area contributed by atoms with Crippen LogP contribution in [0.2, 0.25) is 0 Å². The first-order valence-corrected chi connectivity index (χ1v) is 12.6. The Labute approximate surface area is 209 Å². The van der Waals surface area contributed by atoms with E-state index in [1.54, 1.807) is 24.5 Å². The van der Waals surface area contributed by atoms with Crippen LogP contribution in [0.3, 0.4) is 0 Å². The van der Waals surface area contributed by atoms with E-state index in [0.29, 0.717) is 11.6 Å². The Morgan fingerprint density at radius 1 is 1.03 bits per heavy atom. The molecule has 15 heteroatoms. The molecule has 0 fully saturated rings. The van der Waals surface area contributed by atoms with E-state index < -0.39 is 10.0 Å². The van der Waals surface area contributed by atoms with Crippen LogP contribution in [0.1, 0.15) is 0 Å². The number of pyridine rings is 1. The molecule has 0 saturated carbocycles. The molecule has 0 aliphatic carbocycles. The molecule has 3 aromatic heterocycles. The van der Waals surface area contributed by atoms with Gasteiger partial charge < -0.3 is 19.2 Å². The lowest BCUT2D eigenvalue weighted by Crippen LogP contribution is -2.16. The summed E-state index contributed by atoms with van der Waals surface area (Å²) in [4.78, 5) is 24.1. The Bertz CT molecular complexity index is 1430. The van der Waals surface area contributed by atoms with Crippen molar-refractivity contribution in [3.8, 4) is 23.3 Å². The number of thioether (sulfide) groups is 1. The lowest BCUT2D eigenvalue weighted by Gasteiger charge is -2.10. The van der Waals surface area contributed by atoms with Gasteiger partial charge in [-0.1, -0.05) is 11.8 Å². The third-order valence-electron chi connectivity index (χ3n) is 4.42. The number of hydrogen-bond donors (Lipinski definition) is 2. The van der Waals surface area contributed by atoms with Crippen LogP contribution in [0.5, 0.6) is 11.9 Å². The van der Waals surface area contributed by atoms with E-state index in [4.69, 9.17) is 13.9 Å². The minimum Gasteiger partial charge on any atom is -0.481 e. The summed E-state index contributed by atoms with van der Waals surface area (Å²) in [7, 11) is -1.24. The van der Waals surface area contributed by atoms with E-state index >= 15 is 0 Å². The van der Waals surface area contributed by atoms with Crippen molar-refractivity contribution in [1.29, 1.82) is 0 Å². The van der Waals surface area contributed by atoms with Gasteiger partial charge in [0.05, 0.1) is 24.9 Å². The molecule has 0 saturated heterocycles. The first-order valence-electron chi connectivity index (χ1n) is 10.1. The number of benzene rings is 1. The van der Waals surface area contributed by atoms with Gasteiger partial charge in [-0.2, -0.15) is 9.97 Å². The second-order valence-electron chi connectivity index (χ2n) is 6.86. The molecule has 0 bridgehead atoms. The van der Waals surface area contributed by atoms with Crippen molar-refractivity contribution in [2.24, 2.45) is 0 Å². The maximum Gasteiger partial charge on any atom is 0.321 e. The maximum atomic E-state index is 12.7. The molecule has 4 aromatic rings. The average molecular weight is 530 g/mol. The molecule has 0 aliphatic heterocycles. The predicted octanol–water partition coefficient (Wildman–Crippen LogP) is 2.47. The lowest BCUT2D eigenvalue weighted by molar-refractivity contribution is -0.113. The van der Waals surface area contributed by atoms with E-state index in [-0.39, 0.29) is 39.5 Å². The molecule has 0 aliphatic rings. The number of hydrogen-bond acceptors (Lipinski definition) is 12. The number of nitrogens with one attached hydrogen (secondary N) is 2. The van der Waals surface area contributed by atoms with Gasteiger partial charge in [-0.15, -0.1) is 10.2 Å². The predicted molar refractivity (Wildman–Crippen MR) is 129 cm³/mol. The van der Waals surface area contributed by atoms with Crippen LogP contribution in [0.25, 0.3) is 11.5 Å². The fraction of sp³-hybridized carbons (Fsp3) is 0.143. The standard InChI is InChI=1S/C21H19N7O6S2/c1-32-18-11-16(24-20(25-18)33-2)28-36(30,31)15-5-3-14(4-6-15)23-17(29)12-35-21-27-26-19(34-21)13-7-9-22-10-8-13/h3-11H,12H2,1-2H3,(H,23,29)(H,24,25,28). The van der Waals surface area contributed by atoms with Crippen molar-refractivity contribution < 1.29 is 27.1 Å². The Balaban J connectivity index is 1.34. The fourth-order valence-electron chi connectivity index (χ4n) is 2.77. The summed E-state index contributed by atoms with van der Waals surface area (Å²) in [5.74, 6) is 0.102. The van der Waals surface area contributed by atoms with Gasteiger partial charge in [-0.05, 0) is 36.4 Å². The van der Waals surface area contributed by atoms with Crippen molar-refractivity contribution in [2.45, 2.75) is 10.1 Å². The number of methoxy groups -OCH3 is 2. The summed E-state index contributed by atoms with van der Waals surface area (Å²) in [6.07, 6.45) is 3.22. The van der Waals surface area contributed by atoms with Crippen molar-refractivity contribution in [1.82, 2.24) is 25.1 Å². The van der Waals surface area contributed by atoms with Crippen LogP contribution >= 0.6 is 11.8 Å². The molecular weight excluding hydrogens is 510 g/mol. The van der Waals surface area contributed by atoms with Crippen molar-refractivity contribution in [2.75, 3.05) is 30.0 Å². The number of aromatic nitrogens is 5. The highest BCUT2D eigenvalue weighted by Crippen LogP contribution is 2.24. The van der Waals surface area contributed by atoms with Gasteiger partial charge in [0.1, 0.15) is 0 Å². The minimum atomic E-state index is -3.98. The number of rotatable bonds is 10. The number of carbonyl (C=O) groups is 1. The summed E-state index contributed by atoms with van der Waals surface area (Å²) in [5.41, 5.74) is 1.13. The van der Waals surface area contributed by atoms with Crippen LogP contribution in [0.4, 0.5) is 11.5 Å². The van der Waals surface area contributed by atoms with Crippen molar-refractivity contribution >= 4 is 39.2 Å². The molecule has 3 heterocycles. The summed E-state index contributed by atoms with van der Waals surface area (Å²) in [5, 5.41) is 10.8. The fourth-order valence-corrected chi connectivity index (χ4v) is 4.32. The van der Waals surface area contributed by atoms with E-state index in [2.05, 4.69) is 35.2 Å². The molecule has 4 rings (SSSR count). The third kappa shape index (κ3) is 6.25. The number of anilines is 2. The zero-order valence-corrected chi connectivity index (χ0v) is 20.5. The quantitative estimate of drug-likeness (QED) is 0.288. The highest BCUT2D eigenvalue weighted by Gasteiger charge is 2.17. The number of sulfonamides is 1. The zero-order chi connectivity index (χ0) is 25.5. The molecule has 0 unspecified atom stereocenters. The molecule has 1 amide bonds. The van der Waals surface area contributed by atoms with Crippen molar-refractivity contribution in [3.05, 3.63) is 54.9 Å². The van der Waals surface area contributed by atoms with Gasteiger partial charge >= 0.3 is 6.01 Å². The molecule has 13 nitrogen and oxygen atoms in total. The average Bonchev–Trinajstić information content (AvgIpc) is 3.37. The second kappa shape index (κ2) is 11.0. The normalized spacial score (nSPS) is 11.1. The van der Waals surface area contributed by atoms with Gasteiger partial charge in [-0.3, -0.25) is 14.5 Å². The molecule has 36 heavy (non-hydrogen) atoms. The molecule has 1 aromatic carbocycles. The Hall–Kier alpha value is -4.24. The molecule has 2 N–H and O–H groups in total. The molecular formula is C21H19N7O6S2. The first-order chi connectivity index (χ1) is 17.4. The smallest absolute Gasteiger partial charge is 0.321 e.